The van der Waals surface area contributed by atoms with Crippen LogP contribution in [-0.2, 0) is 14.4 Å². The Morgan fingerprint density at radius 2 is 1.68 bits per heavy atom. The van der Waals surface area contributed by atoms with Gasteiger partial charge in [0.1, 0.15) is 0 Å². The van der Waals surface area contributed by atoms with Crippen molar-refractivity contribution in [2.24, 2.45) is 0 Å². The van der Waals surface area contributed by atoms with Gasteiger partial charge in [-0.15, -0.1) is 0 Å². The van der Waals surface area contributed by atoms with Crippen LogP contribution in [-0.4, -0.2) is 22.9 Å². The first kappa shape index (κ1) is 14.4. The van der Waals surface area contributed by atoms with Crippen molar-refractivity contribution in [3.05, 3.63) is 35.9 Å². The van der Waals surface area contributed by atoms with E-state index >= 15 is 0 Å². The molecule has 19 heavy (non-hydrogen) atoms. The molecule has 0 aliphatic carbocycles. The number of aliphatic carboxylic acids is 1. The third-order valence-corrected chi connectivity index (χ3v) is 2.14. The van der Waals surface area contributed by atoms with Crippen LogP contribution in [0.5, 0.6) is 0 Å². The fraction of sp³-hybridized carbons (Fsp3) is 0.154. The lowest BCUT2D eigenvalue weighted by molar-refractivity contribution is -0.131. The predicted molar refractivity (Wildman–Crippen MR) is 70.8 cm³/mol. The standard InChI is InChI=1S/C13H14N2O4/c1-8(6-12(17)18)13(19)15-11-5-3-4-10(7-11)14-9(2)16/h3-7H,1-2H3,(H,14,16)(H,15,19)(H,17,18)/b8-6+. The summed E-state index contributed by atoms with van der Waals surface area (Å²) in [5, 5.41) is 13.7. The Hall–Kier alpha value is -2.63. The van der Waals surface area contributed by atoms with Gasteiger partial charge in [-0.2, -0.15) is 0 Å². The van der Waals surface area contributed by atoms with Crippen LogP contribution in [0.25, 0.3) is 0 Å². The van der Waals surface area contributed by atoms with Crippen LogP contribution in [0.15, 0.2) is 35.9 Å². The molecule has 0 bridgehead atoms. The fourth-order valence-electron chi connectivity index (χ4n) is 1.36. The molecule has 0 atom stereocenters. The zero-order valence-electron chi connectivity index (χ0n) is 10.6. The van der Waals surface area contributed by atoms with Crippen molar-refractivity contribution < 1.29 is 19.5 Å². The molecule has 0 radical (unpaired) electrons. The minimum atomic E-state index is -1.18. The fourth-order valence-corrected chi connectivity index (χ4v) is 1.36. The molecular formula is C13H14N2O4. The van der Waals surface area contributed by atoms with E-state index in [-0.39, 0.29) is 11.5 Å². The number of hydrogen-bond donors (Lipinski definition) is 3. The minimum Gasteiger partial charge on any atom is -0.478 e. The highest BCUT2D eigenvalue weighted by molar-refractivity contribution is 6.06. The molecule has 0 saturated carbocycles. The number of amides is 2. The monoisotopic (exact) mass is 262 g/mol. The summed E-state index contributed by atoms with van der Waals surface area (Å²) in [6.07, 6.45) is 0.826. The maximum absolute atomic E-state index is 11.7. The van der Waals surface area contributed by atoms with Gasteiger partial charge in [0.25, 0.3) is 5.91 Å². The molecule has 100 valence electrons. The van der Waals surface area contributed by atoms with Gasteiger partial charge in [0.05, 0.1) is 0 Å². The van der Waals surface area contributed by atoms with Gasteiger partial charge in [0.2, 0.25) is 5.91 Å². The van der Waals surface area contributed by atoms with Crippen molar-refractivity contribution in [3.63, 3.8) is 0 Å². The number of carbonyl (C=O) groups is 3. The number of hydrogen-bond acceptors (Lipinski definition) is 3. The van der Waals surface area contributed by atoms with E-state index in [1.54, 1.807) is 24.3 Å². The van der Waals surface area contributed by atoms with E-state index in [9.17, 15) is 14.4 Å². The highest BCUT2D eigenvalue weighted by Gasteiger charge is 2.07. The lowest BCUT2D eigenvalue weighted by atomic mass is 10.2. The SMILES string of the molecule is CC(=O)Nc1cccc(NC(=O)/C(C)=C/C(=O)O)c1. The second-order valence-corrected chi connectivity index (χ2v) is 3.88. The van der Waals surface area contributed by atoms with Crippen molar-refractivity contribution in [2.75, 3.05) is 10.6 Å². The maximum Gasteiger partial charge on any atom is 0.328 e. The third kappa shape index (κ3) is 5.03. The van der Waals surface area contributed by atoms with Gasteiger partial charge < -0.3 is 15.7 Å². The maximum atomic E-state index is 11.7. The normalized spacial score (nSPS) is 10.7. The number of benzene rings is 1. The molecule has 6 nitrogen and oxygen atoms in total. The summed E-state index contributed by atoms with van der Waals surface area (Å²) < 4.78 is 0. The zero-order valence-corrected chi connectivity index (χ0v) is 10.6. The zero-order chi connectivity index (χ0) is 14.4. The van der Waals surface area contributed by atoms with Gasteiger partial charge in [-0.05, 0) is 25.1 Å². The molecule has 1 rings (SSSR count). The van der Waals surface area contributed by atoms with E-state index in [1.165, 1.54) is 13.8 Å². The Morgan fingerprint density at radius 1 is 1.11 bits per heavy atom. The summed E-state index contributed by atoms with van der Waals surface area (Å²) in [5.41, 5.74) is 1.09. The van der Waals surface area contributed by atoms with Gasteiger partial charge in [-0.25, -0.2) is 4.79 Å². The van der Waals surface area contributed by atoms with Crippen molar-refractivity contribution in [2.45, 2.75) is 13.8 Å². The second-order valence-electron chi connectivity index (χ2n) is 3.88. The summed E-state index contributed by atoms with van der Waals surface area (Å²) in [4.78, 5) is 33.0. The first-order chi connectivity index (χ1) is 8.88. The van der Waals surface area contributed by atoms with Gasteiger partial charge in [-0.1, -0.05) is 6.07 Å². The largest absolute Gasteiger partial charge is 0.478 e. The average molecular weight is 262 g/mol. The van der Waals surface area contributed by atoms with Crippen LogP contribution in [0.1, 0.15) is 13.8 Å². The smallest absolute Gasteiger partial charge is 0.328 e. The summed E-state index contributed by atoms with van der Waals surface area (Å²) in [5.74, 6) is -1.91. The van der Waals surface area contributed by atoms with Crippen LogP contribution in [0.2, 0.25) is 0 Å². The topological polar surface area (TPSA) is 95.5 Å². The number of nitrogens with one attached hydrogen (secondary N) is 2. The summed E-state index contributed by atoms with van der Waals surface area (Å²) in [6.45, 7) is 2.78. The number of anilines is 2. The lowest BCUT2D eigenvalue weighted by Gasteiger charge is -2.07. The van der Waals surface area contributed by atoms with Crippen molar-refractivity contribution in [3.8, 4) is 0 Å². The summed E-state index contributed by atoms with van der Waals surface area (Å²) in [6, 6.07) is 6.55. The molecule has 0 heterocycles. The molecule has 0 fully saturated rings. The molecule has 0 aliphatic heterocycles. The van der Waals surface area contributed by atoms with E-state index < -0.39 is 11.9 Å². The van der Waals surface area contributed by atoms with Crippen LogP contribution >= 0.6 is 0 Å². The molecule has 0 aromatic heterocycles. The Bertz CT molecular complexity index is 549. The van der Waals surface area contributed by atoms with Gasteiger partial charge in [0, 0.05) is 29.9 Å². The number of carbonyl (C=O) groups excluding carboxylic acids is 2. The van der Waals surface area contributed by atoms with E-state index in [2.05, 4.69) is 10.6 Å². The van der Waals surface area contributed by atoms with Crippen LogP contribution in [0, 0.1) is 0 Å². The first-order valence-corrected chi connectivity index (χ1v) is 5.48. The van der Waals surface area contributed by atoms with E-state index in [1.807, 2.05) is 0 Å². The van der Waals surface area contributed by atoms with Crippen LogP contribution in [0.3, 0.4) is 0 Å². The van der Waals surface area contributed by atoms with E-state index in [0.717, 1.165) is 6.08 Å². The molecule has 1 aromatic carbocycles. The number of carboxylic acid groups (broad SMARTS) is 1. The lowest BCUT2D eigenvalue weighted by Crippen LogP contribution is -2.14. The first-order valence-electron chi connectivity index (χ1n) is 5.48. The second kappa shape index (κ2) is 6.34. The third-order valence-electron chi connectivity index (χ3n) is 2.14. The quantitative estimate of drug-likeness (QED) is 0.718. The molecule has 0 saturated heterocycles. The van der Waals surface area contributed by atoms with Gasteiger partial charge >= 0.3 is 5.97 Å². The Morgan fingerprint density at radius 3 is 2.21 bits per heavy atom. The highest BCUT2D eigenvalue weighted by atomic mass is 16.4. The van der Waals surface area contributed by atoms with Crippen molar-refractivity contribution >= 4 is 29.2 Å². The highest BCUT2D eigenvalue weighted by Crippen LogP contribution is 2.15. The average Bonchev–Trinajstić information content (AvgIpc) is 2.27. The molecule has 0 spiro atoms. The molecule has 0 unspecified atom stereocenters. The Kier molecular flexibility index (Phi) is 4.82. The summed E-state index contributed by atoms with van der Waals surface area (Å²) >= 11 is 0. The number of carboxylic acids is 1. The Labute approximate surface area is 110 Å². The van der Waals surface area contributed by atoms with Crippen molar-refractivity contribution in [1.82, 2.24) is 0 Å². The molecule has 3 N–H and O–H groups in total. The number of rotatable bonds is 4. The van der Waals surface area contributed by atoms with E-state index in [4.69, 9.17) is 5.11 Å². The van der Waals surface area contributed by atoms with Gasteiger partial charge in [0.15, 0.2) is 0 Å². The van der Waals surface area contributed by atoms with Gasteiger partial charge in [-0.3, -0.25) is 9.59 Å². The molecule has 2 amide bonds. The Balaban J connectivity index is 2.80. The van der Waals surface area contributed by atoms with Crippen molar-refractivity contribution in [1.29, 1.82) is 0 Å². The molecule has 0 aliphatic rings. The minimum absolute atomic E-state index is 0.0810. The summed E-state index contributed by atoms with van der Waals surface area (Å²) in [7, 11) is 0. The van der Waals surface area contributed by atoms with Crippen LogP contribution < -0.4 is 10.6 Å². The van der Waals surface area contributed by atoms with Crippen LogP contribution in [0.4, 0.5) is 11.4 Å². The predicted octanol–water partition coefficient (Wildman–Crippen LogP) is 1.61. The molecule has 1 aromatic rings. The molecular weight excluding hydrogens is 248 g/mol. The molecule has 6 heteroatoms. The van der Waals surface area contributed by atoms with E-state index in [0.29, 0.717) is 11.4 Å².